The lowest BCUT2D eigenvalue weighted by Crippen LogP contribution is -2.00. The van der Waals surface area contributed by atoms with Gasteiger partial charge in [-0.15, -0.1) is 34.0 Å². The van der Waals surface area contributed by atoms with Crippen LogP contribution in [0.25, 0.3) is 264 Å². The van der Waals surface area contributed by atoms with Crippen LogP contribution in [0.3, 0.4) is 0 Å². The number of hydrogen-bond acceptors (Lipinski definition) is 17. The van der Waals surface area contributed by atoms with Crippen molar-refractivity contribution in [3.63, 3.8) is 0 Å². The normalized spacial score (nSPS) is 11.3. The summed E-state index contributed by atoms with van der Waals surface area (Å²) in [6, 6.07) is 165. The molecule has 27 aromatic rings. The fourth-order valence-corrected chi connectivity index (χ4v) is 21.8. The van der Waals surface area contributed by atoms with Gasteiger partial charge in [-0.05, 0) is 144 Å². The monoisotopic (exact) mass is 1930 g/mol. The van der Waals surface area contributed by atoms with Gasteiger partial charge in [-0.3, -0.25) is 9.97 Å². The molecule has 0 fully saturated rings. The van der Waals surface area contributed by atoms with Gasteiger partial charge in [0.05, 0.1) is 36.2 Å². The SMILES string of the molecule is c1ccc(-c2nc(-c3ccccc3)nc(-c3ccc(-c4ccc5nc(-c6ccccc6)sc5c4)c(-c4cccc5ccccc45)c3)n2)cc1.c1ccc(-c2nc(-c3ccccc3)nc(-c3ccc(-c4ccc5nc(-c6ccccc6)sc5c4)c(-c4cccc5cccnc45)c3)n2)cc1.c1ccc(-c2nc(-c3ccccc3)nc(-c3ccc(-c4ccc5nc(-c6ccccc6)sc5c4)c(-c4cccc5cnccc45)c3)n2)cc1. The number of pyridine rings is 2. The number of aromatic nitrogens is 14. The summed E-state index contributed by atoms with van der Waals surface area (Å²) in [5, 5.41) is 8.74. The topological polar surface area (TPSA) is 180 Å². The Balaban J connectivity index is 0.000000115. The van der Waals surface area contributed by atoms with Gasteiger partial charge in [0, 0.05) is 102 Å². The van der Waals surface area contributed by atoms with Gasteiger partial charge in [-0.2, -0.15) is 0 Å². The van der Waals surface area contributed by atoms with Crippen LogP contribution in [-0.4, -0.2) is 69.8 Å². The molecule has 27 rings (SSSR count). The van der Waals surface area contributed by atoms with Crippen molar-refractivity contribution in [2.75, 3.05) is 0 Å². The smallest absolute Gasteiger partial charge is 0.164 e. The number of thiazole rings is 3. The van der Waals surface area contributed by atoms with Crippen LogP contribution in [0.5, 0.6) is 0 Å². The Morgan fingerprint density at radius 3 is 0.762 bits per heavy atom. The number of para-hydroxylation sites is 1. The minimum atomic E-state index is 0.610. The maximum absolute atomic E-state index is 5.04. The van der Waals surface area contributed by atoms with Gasteiger partial charge >= 0.3 is 0 Å². The molecule has 0 unspecified atom stereocenters. The van der Waals surface area contributed by atoms with Crippen LogP contribution in [-0.2, 0) is 0 Å². The minimum Gasteiger partial charge on any atom is -0.264 e. The van der Waals surface area contributed by atoms with Crippen molar-refractivity contribution in [1.82, 2.24) is 69.8 Å². The van der Waals surface area contributed by atoms with Crippen LogP contribution in [0.15, 0.2) is 498 Å². The highest BCUT2D eigenvalue weighted by molar-refractivity contribution is 7.22. The molecule has 8 aromatic heterocycles. The molecule has 19 aromatic carbocycles. The third-order valence-corrected chi connectivity index (χ3v) is 29.3. The first-order valence-electron chi connectivity index (χ1n) is 48.4. The Kier molecular flexibility index (Phi) is 24.4. The molecule has 147 heavy (non-hydrogen) atoms. The first-order chi connectivity index (χ1) is 72.8. The van der Waals surface area contributed by atoms with Crippen molar-refractivity contribution in [2.24, 2.45) is 0 Å². The van der Waals surface area contributed by atoms with E-state index in [4.69, 9.17) is 64.8 Å². The molecule has 0 saturated heterocycles. The average molecular weight is 1940 g/mol. The number of rotatable bonds is 18. The van der Waals surface area contributed by atoms with Gasteiger partial charge in [0.1, 0.15) is 15.0 Å². The summed E-state index contributed by atoms with van der Waals surface area (Å²) in [5.74, 6) is 5.68. The minimum absolute atomic E-state index is 0.610. The maximum atomic E-state index is 5.04. The molecular formula is C130H82N14S3. The molecule has 8 heterocycles. The molecular weight excluding hydrogens is 1850 g/mol. The fourth-order valence-electron chi connectivity index (χ4n) is 18.8. The summed E-state index contributed by atoms with van der Waals surface area (Å²) in [7, 11) is 0. The Bertz CT molecular complexity index is 8480. The molecule has 0 aliphatic heterocycles. The summed E-state index contributed by atoms with van der Waals surface area (Å²) >= 11 is 5.15. The average Bonchev–Trinajstić information content (AvgIpc) is 1.72. The van der Waals surface area contributed by atoms with Crippen LogP contribution in [0.4, 0.5) is 0 Å². The standard InChI is InChI=1S/C44H28N4S.2C43H27N5S/c1-4-14-30(15-5-1)41-46-42(31-16-6-2-7-17-31)48-43(47-41)34-23-25-36(38(27-34)37-22-12-20-29-13-10-11-21-35(29)37)33-24-26-39-40(28-33)49-44(45-39)32-18-8-3-9-19-32;1-4-12-29(13-5-1)40-46-41(30-14-6-2-7-15-30)48-42(47-40)33-21-23-34(36(26-33)35-20-10-18-28-19-11-25-44-39(28)35)32-22-24-37-38(27-32)49-43(45-37)31-16-8-3-9-17-31;1-4-11-28(12-5-1)40-46-41(29-13-6-2-7-14-29)48-42(47-40)32-19-21-34(37(25-32)36-18-10-17-33-27-44-24-23-35(33)36)31-20-22-38-39(26-31)49-43(45-38)30-15-8-3-9-16-30/h1-28H;2*1-27H. The van der Waals surface area contributed by atoms with Crippen molar-refractivity contribution in [3.05, 3.63) is 498 Å². The molecule has 0 radical (unpaired) electrons. The Labute approximate surface area is 859 Å². The third kappa shape index (κ3) is 18.7. The van der Waals surface area contributed by atoms with Crippen LogP contribution in [0.2, 0.25) is 0 Å². The Morgan fingerprint density at radius 2 is 0.415 bits per heavy atom. The Morgan fingerprint density at radius 1 is 0.150 bits per heavy atom. The van der Waals surface area contributed by atoms with E-state index in [2.05, 4.69) is 278 Å². The summed E-state index contributed by atoms with van der Waals surface area (Å²) in [6.45, 7) is 0. The van der Waals surface area contributed by atoms with Gasteiger partial charge in [-0.1, -0.05) is 413 Å². The lowest BCUT2D eigenvalue weighted by molar-refractivity contribution is 1.07. The number of fused-ring (bicyclic) bond motifs is 6. The zero-order valence-corrected chi connectivity index (χ0v) is 81.3. The molecule has 0 amide bonds. The first-order valence-corrected chi connectivity index (χ1v) is 50.8. The second-order valence-corrected chi connectivity index (χ2v) is 38.5. The molecule has 0 saturated carbocycles. The number of benzene rings is 19. The zero-order valence-electron chi connectivity index (χ0n) is 78.8. The highest BCUT2D eigenvalue weighted by atomic mass is 32.1. The van der Waals surface area contributed by atoms with E-state index in [1.165, 1.54) is 10.8 Å². The molecule has 0 spiro atoms. The first kappa shape index (κ1) is 89.3. The van der Waals surface area contributed by atoms with Gasteiger partial charge in [-0.25, -0.2) is 59.8 Å². The van der Waals surface area contributed by atoms with E-state index in [-0.39, 0.29) is 0 Å². The van der Waals surface area contributed by atoms with E-state index >= 15 is 0 Å². The van der Waals surface area contributed by atoms with Crippen molar-refractivity contribution < 1.29 is 0 Å². The number of nitrogens with zero attached hydrogens (tertiary/aromatic N) is 14. The van der Waals surface area contributed by atoms with E-state index in [0.29, 0.717) is 52.4 Å². The quantitative estimate of drug-likeness (QED) is 0.0791. The molecule has 690 valence electrons. The second-order valence-electron chi connectivity index (χ2n) is 35.4. The van der Waals surface area contributed by atoms with E-state index in [1.807, 2.05) is 225 Å². The molecule has 17 heteroatoms. The second kappa shape index (κ2) is 40.2. The third-order valence-electron chi connectivity index (χ3n) is 26.1. The maximum Gasteiger partial charge on any atom is 0.164 e. The van der Waals surface area contributed by atoms with E-state index in [9.17, 15) is 0 Å². The van der Waals surface area contributed by atoms with Crippen molar-refractivity contribution in [1.29, 1.82) is 0 Å². The van der Waals surface area contributed by atoms with Crippen molar-refractivity contribution in [2.45, 2.75) is 0 Å². The Hall–Kier alpha value is -19.0. The highest BCUT2D eigenvalue weighted by Gasteiger charge is 2.25. The molecule has 0 atom stereocenters. The van der Waals surface area contributed by atoms with Crippen LogP contribution < -0.4 is 0 Å². The number of hydrogen-bond donors (Lipinski definition) is 0. The predicted molar refractivity (Wildman–Crippen MR) is 605 cm³/mol. The van der Waals surface area contributed by atoms with Crippen LogP contribution in [0, 0.1) is 0 Å². The summed E-state index contributed by atoms with van der Waals surface area (Å²) in [6.07, 6.45) is 5.63. The van der Waals surface area contributed by atoms with Gasteiger partial charge in [0.25, 0.3) is 0 Å². The molecule has 14 nitrogen and oxygen atoms in total. The molecule has 0 aliphatic carbocycles. The van der Waals surface area contributed by atoms with Crippen molar-refractivity contribution >= 4 is 97.1 Å². The lowest BCUT2D eigenvalue weighted by Gasteiger charge is -2.15. The van der Waals surface area contributed by atoms with Crippen LogP contribution in [0.1, 0.15) is 0 Å². The predicted octanol–water partition coefficient (Wildman–Crippen LogP) is 33.7. The summed E-state index contributed by atoms with van der Waals surface area (Å²) < 4.78 is 3.44. The van der Waals surface area contributed by atoms with Crippen LogP contribution >= 0.6 is 34.0 Å². The van der Waals surface area contributed by atoms with E-state index < -0.39 is 0 Å². The summed E-state index contributed by atoms with van der Waals surface area (Å²) in [5.41, 5.74) is 29.0. The van der Waals surface area contributed by atoms with Gasteiger partial charge in [0.2, 0.25) is 0 Å². The molecule has 0 bridgehead atoms. The largest absolute Gasteiger partial charge is 0.264 e. The summed E-state index contributed by atoms with van der Waals surface area (Å²) in [4.78, 5) is 69.0. The zero-order chi connectivity index (χ0) is 97.7. The van der Waals surface area contributed by atoms with Crippen molar-refractivity contribution in [3.8, 4) is 201 Å². The highest BCUT2D eigenvalue weighted by Crippen LogP contribution is 2.47. The van der Waals surface area contributed by atoms with E-state index in [1.54, 1.807) is 34.0 Å². The molecule has 0 aliphatic rings. The van der Waals surface area contributed by atoms with E-state index in [0.717, 1.165) is 201 Å². The van der Waals surface area contributed by atoms with Gasteiger partial charge in [0.15, 0.2) is 52.4 Å². The fraction of sp³-hybridized carbons (Fsp3) is 0. The molecule has 0 N–H and O–H groups in total. The lowest BCUT2D eigenvalue weighted by atomic mass is 9.90. The van der Waals surface area contributed by atoms with Gasteiger partial charge < -0.3 is 0 Å².